The summed E-state index contributed by atoms with van der Waals surface area (Å²) in [6.45, 7) is 8.95. The molecule has 2 aliphatic carbocycles. The Balaban J connectivity index is 1.90. The lowest BCUT2D eigenvalue weighted by Gasteiger charge is -2.10. The average molecular weight is 232 g/mol. The molecule has 1 saturated carbocycles. The van der Waals surface area contributed by atoms with E-state index in [0.29, 0.717) is 0 Å². The first-order chi connectivity index (χ1) is 8.15. The van der Waals surface area contributed by atoms with Gasteiger partial charge in [0.15, 0.2) is 0 Å². The topological polar surface area (TPSA) is 0 Å². The maximum Gasteiger partial charge on any atom is -0.0256 e. The number of rotatable bonds is 0. The molecule has 96 valence electrons. The van der Waals surface area contributed by atoms with Crippen LogP contribution >= 0.6 is 0 Å². The Morgan fingerprint density at radius 1 is 1.06 bits per heavy atom. The van der Waals surface area contributed by atoms with E-state index in [4.69, 9.17) is 0 Å². The van der Waals surface area contributed by atoms with Gasteiger partial charge >= 0.3 is 0 Å². The van der Waals surface area contributed by atoms with Gasteiger partial charge in [-0.1, -0.05) is 57.4 Å². The summed E-state index contributed by atoms with van der Waals surface area (Å²) >= 11 is 0. The van der Waals surface area contributed by atoms with Gasteiger partial charge in [0, 0.05) is 0 Å². The molecule has 0 N–H and O–H groups in total. The molecule has 0 saturated heterocycles. The molecule has 2 aliphatic rings. The van der Waals surface area contributed by atoms with E-state index in [2.05, 4.69) is 32.6 Å². The van der Waals surface area contributed by atoms with Crippen molar-refractivity contribution in [2.45, 2.75) is 58.8 Å². The largest absolute Gasteiger partial charge is 0.0958 e. The predicted molar refractivity (Wildman–Crippen MR) is 75.9 cm³/mol. The van der Waals surface area contributed by atoms with Gasteiger partial charge in [-0.3, -0.25) is 0 Å². The number of allylic oxidation sites excluding steroid dienone is 3. The third kappa shape index (κ3) is 4.33. The zero-order chi connectivity index (χ0) is 12.3. The number of hydrogen-bond acceptors (Lipinski definition) is 0. The molecule has 0 aromatic carbocycles. The zero-order valence-electron chi connectivity index (χ0n) is 11.6. The highest BCUT2D eigenvalue weighted by atomic mass is 14.4. The Kier molecular flexibility index (Phi) is 4.48. The molecule has 4 atom stereocenters. The first-order valence-corrected chi connectivity index (χ1v) is 7.51. The minimum absolute atomic E-state index is 0.750. The summed E-state index contributed by atoms with van der Waals surface area (Å²) in [7, 11) is 0. The standard InChI is InChI=1S/C17H28/c1-13-5-4-6-16-12-17(16)11-15(3)10-9-14(2)8-7-13/h9-10,13,15-17H,2,4-8,11-12H2,1,3H3. The summed E-state index contributed by atoms with van der Waals surface area (Å²) < 4.78 is 0. The van der Waals surface area contributed by atoms with Crippen molar-refractivity contribution in [3.05, 3.63) is 24.3 Å². The van der Waals surface area contributed by atoms with Crippen LogP contribution in [0.2, 0.25) is 0 Å². The van der Waals surface area contributed by atoms with Crippen molar-refractivity contribution >= 4 is 0 Å². The normalized spacial score (nSPS) is 39.8. The SMILES string of the molecule is C=C1C=CC(C)CC2CC2CCCC(C)CC1. The number of fused-ring (bicyclic) bond motifs is 1. The average Bonchev–Trinajstić information content (AvgIpc) is 3.01. The molecule has 4 unspecified atom stereocenters. The molecule has 0 heteroatoms. The molecule has 1 fully saturated rings. The maximum atomic E-state index is 4.18. The van der Waals surface area contributed by atoms with Crippen LogP contribution in [0.4, 0.5) is 0 Å². The molecular weight excluding hydrogens is 204 g/mol. The Hall–Kier alpha value is -0.520. The second kappa shape index (κ2) is 5.89. The summed E-state index contributed by atoms with van der Waals surface area (Å²) in [5, 5.41) is 0. The van der Waals surface area contributed by atoms with E-state index in [0.717, 1.165) is 23.7 Å². The molecule has 0 aromatic rings. The summed E-state index contributed by atoms with van der Waals surface area (Å²) in [5.74, 6) is 3.75. The van der Waals surface area contributed by atoms with Crippen molar-refractivity contribution in [2.75, 3.05) is 0 Å². The Morgan fingerprint density at radius 2 is 1.88 bits per heavy atom. The first-order valence-electron chi connectivity index (χ1n) is 7.51. The van der Waals surface area contributed by atoms with Crippen LogP contribution in [0.1, 0.15) is 58.8 Å². The molecule has 0 radical (unpaired) electrons. The van der Waals surface area contributed by atoms with Gasteiger partial charge in [0.05, 0.1) is 0 Å². The van der Waals surface area contributed by atoms with Gasteiger partial charge < -0.3 is 0 Å². The lowest BCUT2D eigenvalue weighted by atomic mass is 9.96. The number of hydrogen-bond donors (Lipinski definition) is 0. The van der Waals surface area contributed by atoms with Crippen LogP contribution in [-0.4, -0.2) is 0 Å². The smallest absolute Gasteiger partial charge is 0.0256 e. The van der Waals surface area contributed by atoms with Gasteiger partial charge in [0.2, 0.25) is 0 Å². The van der Waals surface area contributed by atoms with E-state index in [1.165, 1.54) is 50.5 Å². The summed E-state index contributed by atoms with van der Waals surface area (Å²) in [6, 6.07) is 0. The van der Waals surface area contributed by atoms with Crippen LogP contribution in [0.25, 0.3) is 0 Å². The third-order valence-corrected chi connectivity index (χ3v) is 4.63. The molecule has 0 spiro atoms. The second-order valence-corrected chi connectivity index (χ2v) is 6.56. The third-order valence-electron chi connectivity index (χ3n) is 4.63. The fourth-order valence-electron chi connectivity index (χ4n) is 3.20. The Bertz CT molecular complexity index is 286. The zero-order valence-corrected chi connectivity index (χ0v) is 11.6. The van der Waals surface area contributed by atoms with Gasteiger partial charge in [-0.05, 0) is 49.4 Å². The van der Waals surface area contributed by atoms with E-state index in [1.54, 1.807) is 0 Å². The fourth-order valence-corrected chi connectivity index (χ4v) is 3.20. The molecule has 0 aromatic heterocycles. The Morgan fingerprint density at radius 3 is 2.71 bits per heavy atom. The molecular formula is C17H28. The summed E-state index contributed by atoms with van der Waals surface area (Å²) in [6.07, 6.45) is 14.5. The van der Waals surface area contributed by atoms with E-state index in [9.17, 15) is 0 Å². The lowest BCUT2D eigenvalue weighted by Crippen LogP contribution is -1.96. The lowest BCUT2D eigenvalue weighted by molar-refractivity contribution is 0.447. The monoisotopic (exact) mass is 232 g/mol. The van der Waals surface area contributed by atoms with Gasteiger partial charge in [-0.2, -0.15) is 0 Å². The van der Waals surface area contributed by atoms with Crippen LogP contribution in [-0.2, 0) is 0 Å². The van der Waals surface area contributed by atoms with Crippen LogP contribution in [0.5, 0.6) is 0 Å². The molecule has 0 aliphatic heterocycles. The molecule has 0 bridgehead atoms. The van der Waals surface area contributed by atoms with Crippen molar-refractivity contribution < 1.29 is 0 Å². The van der Waals surface area contributed by atoms with Crippen LogP contribution in [0.15, 0.2) is 24.3 Å². The molecule has 0 heterocycles. The minimum atomic E-state index is 0.750. The van der Waals surface area contributed by atoms with Crippen molar-refractivity contribution in [1.82, 2.24) is 0 Å². The van der Waals surface area contributed by atoms with E-state index >= 15 is 0 Å². The van der Waals surface area contributed by atoms with Crippen LogP contribution < -0.4 is 0 Å². The fraction of sp³-hybridized carbons (Fsp3) is 0.765. The van der Waals surface area contributed by atoms with Gasteiger partial charge in [0.25, 0.3) is 0 Å². The molecule has 0 nitrogen and oxygen atoms in total. The van der Waals surface area contributed by atoms with E-state index in [1.807, 2.05) is 0 Å². The highest BCUT2D eigenvalue weighted by Crippen LogP contribution is 2.46. The maximum absolute atomic E-state index is 4.18. The van der Waals surface area contributed by atoms with Crippen molar-refractivity contribution in [3.8, 4) is 0 Å². The first kappa shape index (κ1) is 12.9. The second-order valence-electron chi connectivity index (χ2n) is 6.56. The highest BCUT2D eigenvalue weighted by Gasteiger charge is 2.36. The molecule has 17 heavy (non-hydrogen) atoms. The summed E-state index contributed by atoms with van der Waals surface area (Å²) in [4.78, 5) is 0. The van der Waals surface area contributed by atoms with Crippen molar-refractivity contribution in [1.29, 1.82) is 0 Å². The highest BCUT2D eigenvalue weighted by molar-refractivity contribution is 5.15. The van der Waals surface area contributed by atoms with E-state index < -0.39 is 0 Å². The van der Waals surface area contributed by atoms with Crippen molar-refractivity contribution in [2.24, 2.45) is 23.7 Å². The summed E-state index contributed by atoms with van der Waals surface area (Å²) in [5.41, 5.74) is 1.33. The van der Waals surface area contributed by atoms with Gasteiger partial charge in [-0.25, -0.2) is 0 Å². The van der Waals surface area contributed by atoms with Crippen molar-refractivity contribution in [3.63, 3.8) is 0 Å². The molecule has 0 amide bonds. The minimum Gasteiger partial charge on any atom is -0.0958 e. The Labute approximate surface area is 107 Å². The quantitative estimate of drug-likeness (QED) is 0.527. The van der Waals surface area contributed by atoms with Crippen LogP contribution in [0.3, 0.4) is 0 Å². The van der Waals surface area contributed by atoms with Gasteiger partial charge in [-0.15, -0.1) is 0 Å². The van der Waals surface area contributed by atoms with E-state index in [-0.39, 0.29) is 0 Å². The predicted octanol–water partition coefficient (Wildman–Crippen LogP) is 5.36. The molecule has 2 rings (SSSR count). The van der Waals surface area contributed by atoms with Crippen LogP contribution in [0, 0.1) is 23.7 Å². The van der Waals surface area contributed by atoms with Gasteiger partial charge in [0.1, 0.15) is 0 Å².